The minimum absolute atomic E-state index is 0.102. The van der Waals surface area contributed by atoms with Gasteiger partial charge < -0.3 is 5.32 Å². The topological polar surface area (TPSA) is 90.5 Å². The number of hydrogen-bond acceptors (Lipinski definition) is 5. The van der Waals surface area contributed by atoms with Gasteiger partial charge in [0.25, 0.3) is 0 Å². The normalized spacial score (nSPS) is 12.1. The second-order valence-corrected chi connectivity index (χ2v) is 8.35. The van der Waals surface area contributed by atoms with Crippen LogP contribution in [0.1, 0.15) is 30.5 Å². The molecule has 8 nitrogen and oxygen atoms in total. The van der Waals surface area contributed by atoms with Gasteiger partial charge in [0.2, 0.25) is 5.91 Å². The number of benzene rings is 2. The summed E-state index contributed by atoms with van der Waals surface area (Å²) in [6, 6.07) is 19.0. The van der Waals surface area contributed by atoms with Crippen LogP contribution in [-0.2, 0) is 4.79 Å². The van der Waals surface area contributed by atoms with Gasteiger partial charge in [-0.25, -0.2) is 14.6 Å². The third kappa shape index (κ3) is 4.04. The minimum atomic E-state index is -0.277. The third-order valence-corrected chi connectivity index (χ3v) is 5.84. The smallest absolute Gasteiger partial charge is 0.233 e. The number of halogens is 1. The van der Waals surface area contributed by atoms with E-state index in [1.807, 2.05) is 68.4 Å². The number of nitrogens with zero attached hydrogens (tertiary/aromatic N) is 6. The van der Waals surface area contributed by atoms with E-state index in [0.29, 0.717) is 34.1 Å². The van der Waals surface area contributed by atoms with Crippen molar-refractivity contribution < 1.29 is 4.79 Å². The highest BCUT2D eigenvalue weighted by Crippen LogP contribution is 2.27. The number of aromatic nitrogens is 6. The molecule has 0 bridgehead atoms. The van der Waals surface area contributed by atoms with E-state index < -0.39 is 0 Å². The van der Waals surface area contributed by atoms with Crippen LogP contribution in [0.3, 0.4) is 0 Å². The summed E-state index contributed by atoms with van der Waals surface area (Å²) in [5.74, 6) is 0.678. The van der Waals surface area contributed by atoms with E-state index in [4.69, 9.17) is 11.6 Å². The van der Waals surface area contributed by atoms with Crippen LogP contribution in [-0.4, -0.2) is 35.4 Å². The Labute approximate surface area is 201 Å². The van der Waals surface area contributed by atoms with E-state index in [1.165, 1.54) is 6.33 Å². The van der Waals surface area contributed by atoms with Crippen LogP contribution in [0, 0.1) is 6.92 Å². The van der Waals surface area contributed by atoms with Crippen molar-refractivity contribution in [1.29, 1.82) is 0 Å². The SMILES string of the molecule is CCC(C(=O)Nc1cc(C)nn1-c1ncnc2c1cnn2-c1cccc(Cl)c1)c1ccccc1. The van der Waals surface area contributed by atoms with Gasteiger partial charge in [0.1, 0.15) is 12.1 Å². The summed E-state index contributed by atoms with van der Waals surface area (Å²) in [6.45, 7) is 3.87. The Morgan fingerprint density at radius 1 is 1.06 bits per heavy atom. The monoisotopic (exact) mass is 471 g/mol. The Kier molecular flexibility index (Phi) is 5.81. The van der Waals surface area contributed by atoms with Gasteiger partial charge in [-0.2, -0.15) is 14.9 Å². The molecular formula is C25H22ClN7O. The molecule has 0 spiro atoms. The fourth-order valence-corrected chi connectivity index (χ4v) is 4.20. The number of anilines is 1. The second kappa shape index (κ2) is 9.07. The lowest BCUT2D eigenvalue weighted by molar-refractivity contribution is -0.117. The van der Waals surface area contributed by atoms with Gasteiger partial charge in [0.05, 0.1) is 28.9 Å². The van der Waals surface area contributed by atoms with Crippen molar-refractivity contribution in [1.82, 2.24) is 29.5 Å². The quantitative estimate of drug-likeness (QED) is 0.372. The van der Waals surface area contributed by atoms with Crippen molar-refractivity contribution >= 4 is 34.4 Å². The van der Waals surface area contributed by atoms with Crippen LogP contribution in [0.5, 0.6) is 0 Å². The van der Waals surface area contributed by atoms with Crippen LogP contribution in [0.25, 0.3) is 22.5 Å². The molecule has 5 rings (SSSR count). The van der Waals surface area contributed by atoms with E-state index in [-0.39, 0.29) is 11.8 Å². The van der Waals surface area contributed by atoms with Gasteiger partial charge in [-0.05, 0) is 37.1 Å². The number of aryl methyl sites for hydroxylation is 1. The Morgan fingerprint density at radius 2 is 1.88 bits per heavy atom. The summed E-state index contributed by atoms with van der Waals surface area (Å²) in [5, 5.41) is 13.4. The largest absolute Gasteiger partial charge is 0.310 e. The summed E-state index contributed by atoms with van der Waals surface area (Å²) < 4.78 is 3.32. The van der Waals surface area contributed by atoms with E-state index in [9.17, 15) is 4.79 Å². The highest BCUT2D eigenvalue weighted by Gasteiger charge is 2.22. The van der Waals surface area contributed by atoms with Crippen molar-refractivity contribution in [3.05, 3.63) is 89.5 Å². The second-order valence-electron chi connectivity index (χ2n) is 7.91. The van der Waals surface area contributed by atoms with Gasteiger partial charge in [0, 0.05) is 11.1 Å². The van der Waals surface area contributed by atoms with E-state index in [0.717, 1.165) is 16.9 Å². The summed E-state index contributed by atoms with van der Waals surface area (Å²) >= 11 is 6.17. The summed E-state index contributed by atoms with van der Waals surface area (Å²) in [7, 11) is 0. The van der Waals surface area contributed by atoms with Crippen molar-refractivity contribution in [2.75, 3.05) is 5.32 Å². The number of nitrogens with one attached hydrogen (secondary N) is 1. The third-order valence-electron chi connectivity index (χ3n) is 5.61. The maximum absolute atomic E-state index is 13.2. The highest BCUT2D eigenvalue weighted by molar-refractivity contribution is 6.30. The van der Waals surface area contributed by atoms with E-state index in [2.05, 4.69) is 25.5 Å². The predicted molar refractivity (Wildman–Crippen MR) is 132 cm³/mol. The first-order valence-corrected chi connectivity index (χ1v) is 11.3. The maximum Gasteiger partial charge on any atom is 0.233 e. The number of amides is 1. The number of carbonyl (C=O) groups excluding carboxylic acids is 1. The molecule has 3 heterocycles. The Hall–Kier alpha value is -4.04. The molecule has 0 fully saturated rings. The first-order valence-electron chi connectivity index (χ1n) is 10.9. The molecule has 1 amide bonds. The average Bonchev–Trinajstić information content (AvgIpc) is 3.43. The summed E-state index contributed by atoms with van der Waals surface area (Å²) in [4.78, 5) is 22.1. The Morgan fingerprint density at radius 3 is 2.65 bits per heavy atom. The summed E-state index contributed by atoms with van der Waals surface area (Å²) in [6.07, 6.45) is 3.82. The molecule has 1 unspecified atom stereocenters. The molecule has 0 aliphatic carbocycles. The Bertz CT molecular complexity index is 1480. The molecule has 3 aromatic heterocycles. The van der Waals surface area contributed by atoms with Gasteiger partial charge in [-0.1, -0.05) is 54.9 Å². The molecule has 0 aliphatic heterocycles. The van der Waals surface area contributed by atoms with Crippen LogP contribution in [0.4, 0.5) is 5.82 Å². The van der Waals surface area contributed by atoms with Crippen LogP contribution in [0.15, 0.2) is 73.2 Å². The zero-order valence-electron chi connectivity index (χ0n) is 18.7. The standard InChI is InChI=1S/C25H22ClN7O/c1-3-20(17-8-5-4-6-9-17)25(34)30-22-12-16(2)31-33(22)24-21-14-29-32(23(21)27-15-28-24)19-11-7-10-18(26)13-19/h4-15,20H,3H2,1-2H3,(H,30,34). The lowest BCUT2D eigenvalue weighted by Gasteiger charge is -2.16. The number of carbonyl (C=O) groups is 1. The molecule has 34 heavy (non-hydrogen) atoms. The van der Waals surface area contributed by atoms with Gasteiger partial charge in [0.15, 0.2) is 11.5 Å². The summed E-state index contributed by atoms with van der Waals surface area (Å²) in [5.41, 5.74) is 3.11. The van der Waals surface area contributed by atoms with Crippen LogP contribution < -0.4 is 5.32 Å². The molecule has 1 atom stereocenters. The van der Waals surface area contributed by atoms with Crippen LogP contribution in [0.2, 0.25) is 5.02 Å². The average molecular weight is 472 g/mol. The zero-order valence-corrected chi connectivity index (χ0v) is 19.4. The van der Waals surface area contributed by atoms with Gasteiger partial charge >= 0.3 is 0 Å². The number of fused-ring (bicyclic) bond motifs is 1. The number of hydrogen-bond donors (Lipinski definition) is 1. The molecule has 5 aromatic rings. The lowest BCUT2D eigenvalue weighted by Crippen LogP contribution is -2.22. The molecule has 170 valence electrons. The molecule has 9 heteroatoms. The lowest BCUT2D eigenvalue weighted by atomic mass is 9.96. The molecule has 0 saturated carbocycles. The first-order chi connectivity index (χ1) is 16.5. The van der Waals surface area contributed by atoms with E-state index in [1.54, 1.807) is 21.6 Å². The molecule has 0 radical (unpaired) electrons. The fraction of sp³-hybridized carbons (Fsp3) is 0.160. The first kappa shape index (κ1) is 21.8. The van der Waals surface area contributed by atoms with E-state index >= 15 is 0 Å². The van der Waals surface area contributed by atoms with Crippen LogP contribution >= 0.6 is 11.6 Å². The van der Waals surface area contributed by atoms with Crippen molar-refractivity contribution in [2.24, 2.45) is 0 Å². The number of rotatable bonds is 6. The van der Waals surface area contributed by atoms with Gasteiger partial charge in [-0.15, -0.1) is 0 Å². The molecular weight excluding hydrogens is 450 g/mol. The highest BCUT2D eigenvalue weighted by atomic mass is 35.5. The molecule has 2 aromatic carbocycles. The molecule has 0 saturated heterocycles. The zero-order chi connectivity index (χ0) is 23.7. The maximum atomic E-state index is 13.2. The Balaban J connectivity index is 1.53. The van der Waals surface area contributed by atoms with Gasteiger partial charge in [-0.3, -0.25) is 4.79 Å². The van der Waals surface area contributed by atoms with Crippen molar-refractivity contribution in [3.8, 4) is 11.5 Å². The van der Waals surface area contributed by atoms with Crippen molar-refractivity contribution in [3.63, 3.8) is 0 Å². The van der Waals surface area contributed by atoms with Crippen molar-refractivity contribution in [2.45, 2.75) is 26.2 Å². The fourth-order valence-electron chi connectivity index (χ4n) is 4.02. The molecule has 1 N–H and O–H groups in total. The predicted octanol–water partition coefficient (Wildman–Crippen LogP) is 5.10. The molecule has 0 aliphatic rings. The minimum Gasteiger partial charge on any atom is -0.310 e.